The highest BCUT2D eigenvalue weighted by Gasteiger charge is 2.11. The Balaban J connectivity index is 2.84. The third-order valence-electron chi connectivity index (χ3n) is 1.63. The zero-order chi connectivity index (χ0) is 9.42. The fourth-order valence-corrected chi connectivity index (χ4v) is 1.53. The predicted octanol–water partition coefficient (Wildman–Crippen LogP) is 1.42. The summed E-state index contributed by atoms with van der Waals surface area (Å²) in [5, 5.41) is 18.6. The first-order valence-corrected chi connectivity index (χ1v) is 4.21. The van der Waals surface area contributed by atoms with Crippen molar-refractivity contribution in [1.29, 1.82) is 0 Å². The van der Waals surface area contributed by atoms with E-state index < -0.39 is 5.97 Å². The summed E-state index contributed by atoms with van der Waals surface area (Å²) in [7, 11) is 0. The molecule has 2 aromatic rings. The number of aromatic carboxylic acids is 1. The van der Waals surface area contributed by atoms with E-state index in [0.717, 1.165) is 0 Å². The number of carbonyl (C=O) groups is 1. The van der Waals surface area contributed by atoms with Crippen LogP contribution in [0.15, 0.2) is 16.6 Å². The van der Waals surface area contributed by atoms with Crippen molar-refractivity contribution in [3.8, 4) is 0 Å². The van der Waals surface area contributed by atoms with Gasteiger partial charge in [0.15, 0.2) is 0 Å². The highest BCUT2D eigenvalue weighted by molar-refractivity contribution is 9.10. The quantitative estimate of drug-likeness (QED) is 0.792. The standard InChI is InChI=1S/C7H4BrN3O2/c8-3-1-4(7(12)13)6-5(2-3)9-11-10-6/h1-2H,(H,12,13)(H,9,10,11). The molecule has 0 amide bonds. The first-order valence-electron chi connectivity index (χ1n) is 3.42. The molecule has 0 aliphatic carbocycles. The van der Waals surface area contributed by atoms with Gasteiger partial charge in [-0.15, -0.1) is 5.10 Å². The molecule has 0 saturated heterocycles. The van der Waals surface area contributed by atoms with E-state index in [1.165, 1.54) is 6.07 Å². The second-order valence-electron chi connectivity index (χ2n) is 2.46. The lowest BCUT2D eigenvalue weighted by molar-refractivity contribution is 0.0698. The normalized spacial score (nSPS) is 10.5. The van der Waals surface area contributed by atoms with Crippen LogP contribution < -0.4 is 0 Å². The van der Waals surface area contributed by atoms with Crippen LogP contribution in [0.3, 0.4) is 0 Å². The lowest BCUT2D eigenvalue weighted by Crippen LogP contribution is -1.97. The highest BCUT2D eigenvalue weighted by Crippen LogP contribution is 2.20. The number of nitrogens with zero attached hydrogens (tertiary/aromatic N) is 2. The van der Waals surface area contributed by atoms with E-state index in [0.29, 0.717) is 15.5 Å². The molecule has 0 bridgehead atoms. The van der Waals surface area contributed by atoms with E-state index in [-0.39, 0.29) is 5.56 Å². The maximum atomic E-state index is 10.8. The van der Waals surface area contributed by atoms with Crippen LogP contribution in [-0.4, -0.2) is 26.5 Å². The number of aromatic nitrogens is 3. The van der Waals surface area contributed by atoms with Crippen molar-refractivity contribution in [2.75, 3.05) is 0 Å². The van der Waals surface area contributed by atoms with Crippen molar-refractivity contribution < 1.29 is 9.90 Å². The molecular formula is C7H4BrN3O2. The van der Waals surface area contributed by atoms with Crippen molar-refractivity contribution >= 4 is 32.9 Å². The number of H-pyrrole nitrogens is 1. The van der Waals surface area contributed by atoms with Gasteiger partial charge in [-0.25, -0.2) is 4.79 Å². The summed E-state index contributed by atoms with van der Waals surface area (Å²) < 4.78 is 0.673. The first-order chi connectivity index (χ1) is 6.18. The number of benzene rings is 1. The third kappa shape index (κ3) is 1.29. The van der Waals surface area contributed by atoms with Gasteiger partial charge in [0.1, 0.15) is 11.0 Å². The molecule has 0 unspecified atom stereocenters. The zero-order valence-corrected chi connectivity index (χ0v) is 7.87. The maximum absolute atomic E-state index is 10.8. The van der Waals surface area contributed by atoms with Gasteiger partial charge in [-0.3, -0.25) is 5.10 Å². The molecule has 1 aromatic carbocycles. The maximum Gasteiger partial charge on any atom is 0.337 e. The molecule has 0 spiro atoms. The molecule has 0 radical (unpaired) electrons. The molecule has 2 rings (SSSR count). The molecular weight excluding hydrogens is 238 g/mol. The number of rotatable bonds is 1. The summed E-state index contributed by atoms with van der Waals surface area (Å²) in [5.74, 6) is -1.00. The monoisotopic (exact) mass is 241 g/mol. The van der Waals surface area contributed by atoms with Crippen molar-refractivity contribution in [2.45, 2.75) is 0 Å². The van der Waals surface area contributed by atoms with Crippen molar-refractivity contribution in [1.82, 2.24) is 15.4 Å². The van der Waals surface area contributed by atoms with E-state index in [4.69, 9.17) is 5.11 Å². The Morgan fingerprint density at radius 2 is 2.31 bits per heavy atom. The van der Waals surface area contributed by atoms with Gasteiger partial charge in [-0.2, -0.15) is 0 Å². The number of nitrogens with one attached hydrogen (secondary N) is 1. The molecule has 0 aliphatic heterocycles. The van der Waals surface area contributed by atoms with Gasteiger partial charge in [0.05, 0.1) is 5.56 Å². The number of halogens is 1. The molecule has 0 fully saturated rings. The highest BCUT2D eigenvalue weighted by atomic mass is 79.9. The Morgan fingerprint density at radius 1 is 1.54 bits per heavy atom. The van der Waals surface area contributed by atoms with Gasteiger partial charge in [0, 0.05) is 4.47 Å². The lowest BCUT2D eigenvalue weighted by atomic mass is 10.2. The molecule has 13 heavy (non-hydrogen) atoms. The fraction of sp³-hybridized carbons (Fsp3) is 0. The fourth-order valence-electron chi connectivity index (χ4n) is 1.09. The van der Waals surface area contributed by atoms with E-state index >= 15 is 0 Å². The second kappa shape index (κ2) is 2.81. The summed E-state index contributed by atoms with van der Waals surface area (Å²) in [5.41, 5.74) is 1.14. The van der Waals surface area contributed by atoms with E-state index in [9.17, 15) is 4.79 Å². The molecule has 0 saturated carbocycles. The van der Waals surface area contributed by atoms with E-state index in [1.54, 1.807) is 6.07 Å². The summed E-state index contributed by atoms with van der Waals surface area (Å²) in [6, 6.07) is 3.20. The van der Waals surface area contributed by atoms with Gasteiger partial charge in [-0.05, 0) is 12.1 Å². The van der Waals surface area contributed by atoms with E-state index in [2.05, 4.69) is 31.3 Å². The molecule has 0 atom stereocenters. The SMILES string of the molecule is O=C(O)c1cc(Br)cc2nn[nH]c12. The Morgan fingerprint density at radius 3 is 3.00 bits per heavy atom. The van der Waals surface area contributed by atoms with Crippen LogP contribution in [0.2, 0.25) is 0 Å². The summed E-state index contributed by atoms with van der Waals surface area (Å²) in [6.07, 6.45) is 0. The van der Waals surface area contributed by atoms with Crippen molar-refractivity contribution in [2.24, 2.45) is 0 Å². The van der Waals surface area contributed by atoms with Crippen LogP contribution >= 0.6 is 15.9 Å². The Bertz CT molecular complexity index is 480. The van der Waals surface area contributed by atoms with Crippen LogP contribution in [0, 0.1) is 0 Å². The van der Waals surface area contributed by atoms with Crippen LogP contribution in [0.25, 0.3) is 11.0 Å². The molecule has 1 aromatic heterocycles. The largest absolute Gasteiger partial charge is 0.478 e. The topological polar surface area (TPSA) is 78.9 Å². The average Bonchev–Trinajstić information content (AvgIpc) is 2.49. The second-order valence-corrected chi connectivity index (χ2v) is 3.38. The third-order valence-corrected chi connectivity index (χ3v) is 2.09. The molecule has 0 aliphatic rings. The van der Waals surface area contributed by atoms with Crippen LogP contribution in [-0.2, 0) is 0 Å². The van der Waals surface area contributed by atoms with Gasteiger partial charge in [0.25, 0.3) is 0 Å². The summed E-state index contributed by atoms with van der Waals surface area (Å²) in [4.78, 5) is 10.8. The Hall–Kier alpha value is -1.43. The van der Waals surface area contributed by atoms with Crippen LogP contribution in [0.4, 0.5) is 0 Å². The van der Waals surface area contributed by atoms with Gasteiger partial charge >= 0.3 is 5.97 Å². The van der Waals surface area contributed by atoms with Crippen molar-refractivity contribution in [3.05, 3.63) is 22.2 Å². The van der Waals surface area contributed by atoms with Gasteiger partial charge in [0.2, 0.25) is 0 Å². The van der Waals surface area contributed by atoms with Gasteiger partial charge in [-0.1, -0.05) is 21.1 Å². The molecule has 5 nitrogen and oxygen atoms in total. The number of aromatic amines is 1. The molecule has 66 valence electrons. The number of carboxylic acids is 1. The number of carboxylic acid groups (broad SMARTS) is 1. The molecule has 2 N–H and O–H groups in total. The zero-order valence-electron chi connectivity index (χ0n) is 6.28. The first kappa shape index (κ1) is 8.18. The Kier molecular flexibility index (Phi) is 1.77. The lowest BCUT2D eigenvalue weighted by Gasteiger charge is -1.96. The number of hydrogen-bond donors (Lipinski definition) is 2. The minimum absolute atomic E-state index is 0.161. The smallest absolute Gasteiger partial charge is 0.337 e. The average molecular weight is 242 g/mol. The summed E-state index contributed by atoms with van der Waals surface area (Å²) in [6.45, 7) is 0. The predicted molar refractivity (Wildman–Crippen MR) is 48.5 cm³/mol. The number of hydrogen-bond acceptors (Lipinski definition) is 3. The van der Waals surface area contributed by atoms with Crippen molar-refractivity contribution in [3.63, 3.8) is 0 Å². The van der Waals surface area contributed by atoms with Gasteiger partial charge < -0.3 is 5.11 Å². The van der Waals surface area contributed by atoms with Crippen LogP contribution in [0.5, 0.6) is 0 Å². The minimum Gasteiger partial charge on any atom is -0.478 e. The Labute approximate surface area is 80.9 Å². The minimum atomic E-state index is -1.00. The molecule has 1 heterocycles. The molecule has 6 heteroatoms. The van der Waals surface area contributed by atoms with Crippen LogP contribution in [0.1, 0.15) is 10.4 Å². The number of fused-ring (bicyclic) bond motifs is 1. The summed E-state index contributed by atoms with van der Waals surface area (Å²) >= 11 is 3.19. The van der Waals surface area contributed by atoms with E-state index in [1.807, 2.05) is 0 Å².